The molecule has 3 aromatic rings. The van der Waals surface area contributed by atoms with Gasteiger partial charge < -0.3 is 19.1 Å². The highest BCUT2D eigenvalue weighted by molar-refractivity contribution is 6.16. The Labute approximate surface area is 174 Å². The average molecular weight is 439 g/mol. The fourth-order valence-corrected chi connectivity index (χ4v) is 2.76. The van der Waals surface area contributed by atoms with Crippen molar-refractivity contribution in [3.63, 3.8) is 0 Å². The second kappa shape index (κ2) is 8.91. The molecule has 0 atom stereocenters. The lowest BCUT2D eigenvalue weighted by atomic mass is 10.0. The van der Waals surface area contributed by atoms with Crippen LogP contribution in [0.15, 0.2) is 60.9 Å². The lowest BCUT2D eigenvalue weighted by Crippen LogP contribution is -2.18. The minimum atomic E-state index is -4.93. The van der Waals surface area contributed by atoms with E-state index < -0.39 is 18.1 Å². The van der Waals surface area contributed by atoms with E-state index in [1.807, 2.05) is 0 Å². The van der Waals surface area contributed by atoms with Gasteiger partial charge in [-0.15, -0.1) is 13.2 Å². The summed E-state index contributed by atoms with van der Waals surface area (Å²) in [6.07, 6.45) is -2.37. The van der Waals surface area contributed by atoms with Gasteiger partial charge in [-0.3, -0.25) is 4.98 Å². The van der Waals surface area contributed by atoms with Crippen LogP contribution in [-0.4, -0.2) is 24.4 Å². The van der Waals surface area contributed by atoms with E-state index in [4.69, 9.17) is 16.6 Å². The first-order valence-electron chi connectivity index (χ1n) is 8.39. The number of carbonyl (C=O) groups excluding carboxylic acids is 1. The molecule has 0 aliphatic rings. The first kappa shape index (κ1) is 21.3. The Bertz CT molecular complexity index is 1060. The number of hydrogen-bond acceptors (Lipinski definition) is 6. The van der Waals surface area contributed by atoms with Crippen LogP contribution in [0.4, 0.5) is 24.5 Å². The van der Waals surface area contributed by atoms with Gasteiger partial charge in [0.05, 0.1) is 30.2 Å². The normalized spacial score (nSPS) is 11.0. The van der Waals surface area contributed by atoms with Crippen LogP contribution in [0.3, 0.4) is 0 Å². The number of ether oxygens (including phenoxy) is 2. The third-order valence-electron chi connectivity index (χ3n) is 3.99. The van der Waals surface area contributed by atoms with Crippen molar-refractivity contribution in [2.75, 3.05) is 12.4 Å². The second-order valence-corrected chi connectivity index (χ2v) is 6.06. The molecule has 3 rings (SSSR count). The zero-order chi connectivity index (χ0) is 21.7. The van der Waals surface area contributed by atoms with E-state index in [1.165, 1.54) is 37.7 Å². The number of methoxy groups -OCH3 is 1. The maximum absolute atomic E-state index is 13.0. The summed E-state index contributed by atoms with van der Waals surface area (Å²) in [5.41, 5.74) is 1.11. The van der Waals surface area contributed by atoms with Gasteiger partial charge in [-0.2, -0.15) is 0 Å². The van der Waals surface area contributed by atoms with Gasteiger partial charge >= 0.3 is 12.3 Å². The molecule has 0 aliphatic heterocycles. The molecule has 6 nitrogen and oxygen atoms in total. The molecule has 1 heterocycles. The zero-order valence-corrected chi connectivity index (χ0v) is 16.1. The highest BCUT2D eigenvalue weighted by Crippen LogP contribution is 2.37. The van der Waals surface area contributed by atoms with Crippen LogP contribution in [0.2, 0.25) is 0 Å². The number of pyridine rings is 1. The lowest BCUT2D eigenvalue weighted by Gasteiger charge is -2.17. The van der Waals surface area contributed by atoms with Crippen LogP contribution in [0, 0.1) is 0 Å². The number of nitrogens with zero attached hydrogens (tertiary/aromatic N) is 1. The first-order valence-corrected chi connectivity index (χ1v) is 8.70. The Balaban J connectivity index is 2.03. The molecule has 0 radical (unpaired) electrons. The summed E-state index contributed by atoms with van der Waals surface area (Å²) in [7, 11) is 1.49. The summed E-state index contributed by atoms with van der Waals surface area (Å²) in [5, 5.41) is 2.71. The summed E-state index contributed by atoms with van der Waals surface area (Å²) in [6.45, 7) is 0. The van der Waals surface area contributed by atoms with Crippen molar-refractivity contribution in [2.45, 2.75) is 6.36 Å². The molecule has 0 fully saturated rings. The highest BCUT2D eigenvalue weighted by Gasteiger charge is 2.32. The largest absolute Gasteiger partial charge is 0.573 e. The van der Waals surface area contributed by atoms with Gasteiger partial charge in [0.1, 0.15) is 17.6 Å². The summed E-state index contributed by atoms with van der Waals surface area (Å²) in [6, 6.07) is 12.3. The molecule has 0 bridgehead atoms. The Kier molecular flexibility index (Phi) is 6.31. The standard InChI is InChI=1S/C20H14ClF3N2O4/c1-28-14-4-2-3-12(9-14)13-5-6-16(18(10-13)29-20(22,23)24)26-17-11-25-8-7-15(17)19(27)30-21/h2-11,26H,1H3. The fourth-order valence-electron chi connectivity index (χ4n) is 2.68. The quantitative estimate of drug-likeness (QED) is 0.531. The summed E-state index contributed by atoms with van der Waals surface area (Å²) in [4.78, 5) is 15.6. The summed E-state index contributed by atoms with van der Waals surface area (Å²) < 4.78 is 52.5. The molecule has 0 aliphatic carbocycles. The van der Waals surface area contributed by atoms with E-state index in [9.17, 15) is 18.0 Å². The van der Waals surface area contributed by atoms with Crippen molar-refractivity contribution < 1.29 is 31.7 Å². The third-order valence-corrected chi connectivity index (χ3v) is 4.13. The minimum Gasteiger partial charge on any atom is -0.497 e. The average Bonchev–Trinajstić information content (AvgIpc) is 2.73. The Morgan fingerprint density at radius 1 is 1.07 bits per heavy atom. The fraction of sp³-hybridized carbons (Fsp3) is 0.100. The predicted molar refractivity (Wildman–Crippen MR) is 104 cm³/mol. The maximum atomic E-state index is 13.0. The van der Waals surface area contributed by atoms with Crippen molar-refractivity contribution >= 4 is 29.2 Å². The number of halogens is 4. The number of alkyl halides is 3. The van der Waals surface area contributed by atoms with Crippen molar-refractivity contribution in [1.82, 2.24) is 4.98 Å². The molecule has 1 aromatic heterocycles. The lowest BCUT2D eigenvalue weighted by molar-refractivity contribution is -0.274. The molecule has 0 unspecified atom stereocenters. The number of rotatable bonds is 6. The smallest absolute Gasteiger partial charge is 0.497 e. The molecule has 10 heteroatoms. The van der Waals surface area contributed by atoms with Gasteiger partial charge in [0.15, 0.2) is 5.75 Å². The van der Waals surface area contributed by atoms with Crippen molar-refractivity contribution in [1.29, 1.82) is 0 Å². The molecule has 0 saturated carbocycles. The molecule has 30 heavy (non-hydrogen) atoms. The van der Waals surface area contributed by atoms with E-state index in [-0.39, 0.29) is 16.9 Å². The van der Waals surface area contributed by atoms with Crippen LogP contribution in [-0.2, 0) is 4.29 Å². The van der Waals surface area contributed by atoms with Crippen LogP contribution in [0.25, 0.3) is 11.1 Å². The van der Waals surface area contributed by atoms with Crippen LogP contribution in [0.5, 0.6) is 11.5 Å². The Morgan fingerprint density at radius 3 is 2.53 bits per heavy atom. The van der Waals surface area contributed by atoms with Gasteiger partial charge in [0, 0.05) is 6.20 Å². The molecular weight excluding hydrogens is 425 g/mol. The van der Waals surface area contributed by atoms with Crippen molar-refractivity contribution in [3.05, 3.63) is 66.5 Å². The zero-order valence-electron chi connectivity index (χ0n) is 15.4. The minimum absolute atomic E-state index is 0.0187. The molecular formula is C20H14ClF3N2O4. The summed E-state index contributed by atoms with van der Waals surface area (Å²) in [5.74, 6) is -0.850. The second-order valence-electron chi connectivity index (χ2n) is 5.90. The number of benzene rings is 2. The summed E-state index contributed by atoms with van der Waals surface area (Å²) >= 11 is 5.11. The molecule has 156 valence electrons. The van der Waals surface area contributed by atoms with Crippen LogP contribution >= 0.6 is 11.9 Å². The van der Waals surface area contributed by atoms with Gasteiger partial charge in [-0.05, 0) is 41.5 Å². The van der Waals surface area contributed by atoms with E-state index in [2.05, 4.69) is 19.3 Å². The topological polar surface area (TPSA) is 69.7 Å². The van der Waals surface area contributed by atoms with E-state index in [0.29, 0.717) is 16.9 Å². The van der Waals surface area contributed by atoms with Gasteiger partial charge in [0.25, 0.3) is 0 Å². The van der Waals surface area contributed by atoms with Gasteiger partial charge in [-0.25, -0.2) is 4.79 Å². The van der Waals surface area contributed by atoms with Crippen LogP contribution in [0.1, 0.15) is 10.4 Å². The van der Waals surface area contributed by atoms with E-state index >= 15 is 0 Å². The predicted octanol–water partition coefficient (Wildman–Crippen LogP) is 5.71. The molecule has 0 saturated heterocycles. The number of anilines is 2. The number of hydrogen-bond donors (Lipinski definition) is 1. The molecule has 1 N–H and O–H groups in total. The Hall–Kier alpha value is -3.46. The van der Waals surface area contributed by atoms with E-state index in [1.54, 1.807) is 30.3 Å². The number of carbonyl (C=O) groups is 1. The van der Waals surface area contributed by atoms with Gasteiger partial charge in [0.2, 0.25) is 0 Å². The van der Waals surface area contributed by atoms with Crippen LogP contribution < -0.4 is 14.8 Å². The van der Waals surface area contributed by atoms with Crippen molar-refractivity contribution in [3.8, 4) is 22.6 Å². The Morgan fingerprint density at radius 2 is 1.83 bits per heavy atom. The highest BCUT2D eigenvalue weighted by atomic mass is 35.5. The third kappa shape index (κ3) is 5.12. The molecule has 0 spiro atoms. The maximum Gasteiger partial charge on any atom is 0.573 e. The van der Waals surface area contributed by atoms with E-state index in [0.717, 1.165) is 0 Å². The molecule has 2 aromatic carbocycles. The first-order chi connectivity index (χ1) is 14.3. The van der Waals surface area contributed by atoms with Crippen molar-refractivity contribution in [2.24, 2.45) is 0 Å². The monoisotopic (exact) mass is 438 g/mol. The molecule has 0 amide bonds. The van der Waals surface area contributed by atoms with Gasteiger partial charge in [-0.1, -0.05) is 18.2 Å². The number of aromatic nitrogens is 1. The SMILES string of the molecule is COc1cccc(-c2ccc(Nc3cnccc3C(=O)OCl)c(OC(F)(F)F)c2)c1. The number of nitrogens with one attached hydrogen (secondary N) is 1.